The number of phenols is 1. The minimum atomic E-state index is -0.629. The number of anilines is 1. The summed E-state index contributed by atoms with van der Waals surface area (Å²) in [5.74, 6) is -0.586. The van der Waals surface area contributed by atoms with Crippen molar-refractivity contribution in [2.45, 2.75) is 39.2 Å². The number of carbonyl (C=O) groups is 2. The number of rotatable bonds is 5. The fourth-order valence-corrected chi connectivity index (χ4v) is 1.80. The van der Waals surface area contributed by atoms with Crippen molar-refractivity contribution in [3.63, 3.8) is 0 Å². The van der Waals surface area contributed by atoms with Gasteiger partial charge in [-0.05, 0) is 45.2 Å². The van der Waals surface area contributed by atoms with Gasteiger partial charge in [0.05, 0.1) is 5.69 Å². The van der Waals surface area contributed by atoms with Crippen molar-refractivity contribution >= 4 is 25.4 Å². The Morgan fingerprint density at radius 1 is 1.32 bits per heavy atom. The van der Waals surface area contributed by atoms with Gasteiger partial charge in [0.25, 0.3) is 0 Å². The highest BCUT2D eigenvalue weighted by Gasteiger charge is 2.17. The summed E-state index contributed by atoms with van der Waals surface area (Å²) < 4.78 is 5.14. The van der Waals surface area contributed by atoms with E-state index in [0.29, 0.717) is 24.9 Å². The number of nitrogens with one attached hydrogen (secondary N) is 2. The lowest BCUT2D eigenvalue weighted by molar-refractivity contribution is 0.0635. The Balaban J connectivity index is 2.64. The summed E-state index contributed by atoms with van der Waals surface area (Å²) in [6, 6.07) is 5.06. The molecule has 7 heteroatoms. The Hall–Kier alpha value is -2.18. The minimum absolute atomic E-state index is 0.00701. The standard InChI is InChI=1S/C15H21BN2O4/c1-15(2,3)22-14(21)18-11-8-4-6-10(12(11)19)7-5-9-17-13(16)20/h4,6,8,19H,5,7,9H2,1-3H3,(H,17,20)(H,18,21). The lowest BCUT2D eigenvalue weighted by Crippen LogP contribution is -2.27. The Morgan fingerprint density at radius 3 is 2.59 bits per heavy atom. The molecule has 0 aliphatic heterocycles. The first-order chi connectivity index (χ1) is 10.2. The van der Waals surface area contributed by atoms with Crippen LogP contribution in [0.2, 0.25) is 0 Å². The first-order valence-electron chi connectivity index (χ1n) is 7.03. The third-order valence-electron chi connectivity index (χ3n) is 2.68. The minimum Gasteiger partial charge on any atom is -0.505 e. The van der Waals surface area contributed by atoms with Gasteiger partial charge in [-0.1, -0.05) is 12.1 Å². The Bertz CT molecular complexity index is 541. The monoisotopic (exact) mass is 304 g/mol. The van der Waals surface area contributed by atoms with Crippen molar-refractivity contribution < 1.29 is 19.4 Å². The molecule has 0 saturated carbocycles. The van der Waals surface area contributed by atoms with Gasteiger partial charge in [0, 0.05) is 6.54 Å². The van der Waals surface area contributed by atoms with Crippen LogP contribution in [0.15, 0.2) is 18.2 Å². The van der Waals surface area contributed by atoms with Crippen LogP contribution < -0.4 is 10.6 Å². The van der Waals surface area contributed by atoms with Crippen LogP contribution in [0.1, 0.15) is 32.8 Å². The van der Waals surface area contributed by atoms with E-state index < -0.39 is 17.5 Å². The average molecular weight is 304 g/mol. The van der Waals surface area contributed by atoms with Gasteiger partial charge in [0.15, 0.2) is 13.7 Å². The second-order valence-corrected chi connectivity index (χ2v) is 5.83. The highest BCUT2D eigenvalue weighted by Crippen LogP contribution is 2.28. The molecule has 6 nitrogen and oxygen atoms in total. The van der Waals surface area contributed by atoms with Crippen molar-refractivity contribution in [3.05, 3.63) is 23.8 Å². The molecule has 0 aliphatic rings. The van der Waals surface area contributed by atoms with Crippen molar-refractivity contribution in [3.8, 4) is 5.75 Å². The Morgan fingerprint density at radius 2 is 2.00 bits per heavy atom. The predicted molar refractivity (Wildman–Crippen MR) is 85.4 cm³/mol. The van der Waals surface area contributed by atoms with Gasteiger partial charge >= 0.3 is 6.09 Å². The fourth-order valence-electron chi connectivity index (χ4n) is 1.80. The van der Waals surface area contributed by atoms with E-state index >= 15 is 0 Å². The molecule has 1 aromatic carbocycles. The topological polar surface area (TPSA) is 87.7 Å². The molecule has 1 aromatic rings. The van der Waals surface area contributed by atoms with Crippen LogP contribution in [0.25, 0.3) is 0 Å². The van der Waals surface area contributed by atoms with E-state index in [1.807, 2.05) is 0 Å². The maximum absolute atomic E-state index is 11.7. The zero-order valence-electron chi connectivity index (χ0n) is 13.1. The average Bonchev–Trinajstić information content (AvgIpc) is 2.36. The van der Waals surface area contributed by atoms with Crippen LogP contribution in [-0.2, 0) is 11.2 Å². The summed E-state index contributed by atoms with van der Waals surface area (Å²) >= 11 is 0. The number of hydrogen-bond acceptors (Lipinski definition) is 4. The molecule has 0 atom stereocenters. The molecular weight excluding hydrogens is 283 g/mol. The van der Waals surface area contributed by atoms with Gasteiger partial charge in [-0.25, -0.2) is 4.79 Å². The molecule has 0 heterocycles. The van der Waals surface area contributed by atoms with Gasteiger partial charge in [-0.3, -0.25) is 10.1 Å². The molecule has 2 amide bonds. The Kier molecular flexibility index (Phi) is 6.28. The molecule has 22 heavy (non-hydrogen) atoms. The zero-order valence-corrected chi connectivity index (χ0v) is 13.1. The van der Waals surface area contributed by atoms with Crippen LogP contribution in [0.4, 0.5) is 15.3 Å². The summed E-state index contributed by atoms with van der Waals surface area (Å²) in [6.45, 7) is 5.69. The summed E-state index contributed by atoms with van der Waals surface area (Å²) in [7, 11) is 4.97. The second kappa shape index (κ2) is 7.73. The van der Waals surface area contributed by atoms with Crippen LogP contribution in [-0.4, -0.2) is 37.0 Å². The van der Waals surface area contributed by atoms with E-state index in [1.54, 1.807) is 39.0 Å². The SMILES string of the molecule is [B]C(=O)NCCCc1cccc(NC(=O)OC(C)(C)C)c1O. The third kappa shape index (κ3) is 6.52. The number of aromatic hydroxyl groups is 1. The van der Waals surface area contributed by atoms with E-state index in [0.717, 1.165) is 0 Å². The maximum Gasteiger partial charge on any atom is 0.412 e. The molecule has 0 fully saturated rings. The highest BCUT2D eigenvalue weighted by molar-refractivity contribution is 6.57. The van der Waals surface area contributed by atoms with E-state index in [1.165, 1.54) is 0 Å². The molecule has 0 bridgehead atoms. The van der Waals surface area contributed by atoms with Crippen molar-refractivity contribution in [2.24, 2.45) is 0 Å². The summed E-state index contributed by atoms with van der Waals surface area (Å²) in [5, 5.41) is 15.2. The van der Waals surface area contributed by atoms with E-state index in [-0.39, 0.29) is 11.4 Å². The fraction of sp³-hybridized carbons (Fsp3) is 0.467. The summed E-state index contributed by atoms with van der Waals surface area (Å²) in [5.41, 5.74) is 0.340. The molecule has 0 aliphatic carbocycles. The van der Waals surface area contributed by atoms with Gasteiger partial charge < -0.3 is 15.2 Å². The molecule has 118 valence electrons. The van der Waals surface area contributed by atoms with Gasteiger partial charge in [0.2, 0.25) is 0 Å². The van der Waals surface area contributed by atoms with Gasteiger partial charge in [-0.2, -0.15) is 0 Å². The van der Waals surface area contributed by atoms with E-state index in [9.17, 15) is 14.7 Å². The normalized spacial score (nSPS) is 10.9. The molecule has 3 N–H and O–H groups in total. The molecular formula is C15H21BN2O4. The van der Waals surface area contributed by atoms with Crippen LogP contribution in [0.3, 0.4) is 0 Å². The number of carbonyl (C=O) groups excluding carboxylic acids is 2. The quantitative estimate of drug-likeness (QED) is 0.443. The molecule has 0 unspecified atom stereocenters. The second-order valence-electron chi connectivity index (χ2n) is 5.83. The summed E-state index contributed by atoms with van der Waals surface area (Å²) in [4.78, 5) is 22.3. The third-order valence-corrected chi connectivity index (χ3v) is 2.68. The predicted octanol–water partition coefficient (Wildman–Crippen LogP) is 2.55. The van der Waals surface area contributed by atoms with Gasteiger partial charge in [-0.15, -0.1) is 0 Å². The molecule has 1 rings (SSSR count). The molecule has 0 aromatic heterocycles. The first-order valence-corrected chi connectivity index (χ1v) is 7.03. The maximum atomic E-state index is 11.7. The van der Waals surface area contributed by atoms with Crippen molar-refractivity contribution in [2.75, 3.05) is 11.9 Å². The number of ether oxygens (including phenoxy) is 1. The number of phenolic OH excluding ortho intramolecular Hbond substituents is 1. The number of benzene rings is 1. The van der Waals surface area contributed by atoms with E-state index in [2.05, 4.69) is 10.6 Å². The van der Waals surface area contributed by atoms with Crippen molar-refractivity contribution in [1.82, 2.24) is 5.32 Å². The number of hydrogen-bond donors (Lipinski definition) is 3. The number of aryl methyl sites for hydroxylation is 1. The van der Waals surface area contributed by atoms with Crippen LogP contribution >= 0.6 is 0 Å². The number of para-hydroxylation sites is 1. The summed E-state index contributed by atoms with van der Waals surface area (Å²) in [6.07, 6.45) is 0.526. The Labute approximate surface area is 131 Å². The molecule has 0 saturated heterocycles. The molecule has 0 spiro atoms. The van der Waals surface area contributed by atoms with Crippen LogP contribution in [0, 0.1) is 0 Å². The largest absolute Gasteiger partial charge is 0.505 e. The van der Waals surface area contributed by atoms with Gasteiger partial charge in [0.1, 0.15) is 11.4 Å². The van der Waals surface area contributed by atoms with E-state index in [4.69, 9.17) is 12.6 Å². The lowest BCUT2D eigenvalue weighted by Gasteiger charge is -2.20. The smallest absolute Gasteiger partial charge is 0.412 e. The highest BCUT2D eigenvalue weighted by atomic mass is 16.6. The zero-order chi connectivity index (χ0) is 16.8. The van der Waals surface area contributed by atoms with Crippen molar-refractivity contribution in [1.29, 1.82) is 0 Å². The first kappa shape index (κ1) is 17.9. The number of amides is 2. The molecule has 2 radical (unpaired) electrons. The lowest BCUT2D eigenvalue weighted by atomic mass is 10.1. The van der Waals surface area contributed by atoms with Crippen LogP contribution in [0.5, 0.6) is 5.75 Å².